The first-order valence-electron chi connectivity index (χ1n) is 9.40. The van der Waals surface area contributed by atoms with E-state index in [0.29, 0.717) is 13.0 Å². The quantitative estimate of drug-likeness (QED) is 0.588. The van der Waals surface area contributed by atoms with Gasteiger partial charge in [-0.05, 0) is 32.3 Å². The highest BCUT2D eigenvalue weighted by Crippen LogP contribution is 2.30. The summed E-state index contributed by atoms with van der Waals surface area (Å²) in [4.78, 5) is 28.8. The molecule has 0 saturated heterocycles. The third kappa shape index (κ3) is 4.00. The lowest BCUT2D eigenvalue weighted by Crippen LogP contribution is -2.45. The topological polar surface area (TPSA) is 105 Å². The molecule has 0 bridgehead atoms. The number of aromatic nitrogens is 4. The lowest BCUT2D eigenvalue weighted by Gasteiger charge is -2.35. The van der Waals surface area contributed by atoms with E-state index in [1.165, 1.54) is 6.33 Å². The highest BCUT2D eigenvalue weighted by molar-refractivity contribution is 7.09. The Kier molecular flexibility index (Phi) is 5.54. The van der Waals surface area contributed by atoms with Crippen molar-refractivity contribution in [1.82, 2.24) is 25.3 Å². The van der Waals surface area contributed by atoms with E-state index in [4.69, 9.17) is 4.74 Å². The number of rotatable bonds is 6. The fourth-order valence-electron chi connectivity index (χ4n) is 3.79. The van der Waals surface area contributed by atoms with Crippen molar-refractivity contribution in [3.63, 3.8) is 0 Å². The molecule has 1 fully saturated rings. The van der Waals surface area contributed by atoms with E-state index in [2.05, 4.69) is 30.6 Å². The van der Waals surface area contributed by atoms with Gasteiger partial charge in [-0.15, -0.1) is 11.3 Å². The fourth-order valence-corrected chi connectivity index (χ4v) is 4.40. The normalized spacial score (nSPS) is 22.3. The molecule has 1 aliphatic rings. The predicted octanol–water partition coefficient (Wildman–Crippen LogP) is 2.63. The summed E-state index contributed by atoms with van der Waals surface area (Å²) in [7, 11) is 1.72. The van der Waals surface area contributed by atoms with Crippen LogP contribution in [0, 0.1) is 12.8 Å². The molecule has 0 radical (unpaired) electrons. The summed E-state index contributed by atoms with van der Waals surface area (Å²) in [5.74, 6) is 0.769. The standard InChI is InChI=1S/C19H24N6O2S/c1-11-24-13(9-28-11)8-21-19(26)12-3-4-16(27-2)15(7-12)25-18-14-5-6-20-17(14)22-10-23-18/h5-6,9-10,12,15-16H,3-4,7-8H2,1-2H3,(H,21,26)(H2,20,22,23,25)/t12-,15+,16+/m0/s1. The molecule has 3 atom stereocenters. The molecule has 1 amide bonds. The number of carbonyl (C=O) groups is 1. The van der Waals surface area contributed by atoms with Crippen molar-refractivity contribution >= 4 is 34.1 Å². The van der Waals surface area contributed by atoms with Gasteiger partial charge in [-0.25, -0.2) is 15.0 Å². The van der Waals surface area contributed by atoms with Gasteiger partial charge in [0.2, 0.25) is 5.91 Å². The van der Waals surface area contributed by atoms with Gasteiger partial charge in [0, 0.05) is 24.6 Å². The van der Waals surface area contributed by atoms with E-state index >= 15 is 0 Å². The average Bonchev–Trinajstić information content (AvgIpc) is 3.35. The predicted molar refractivity (Wildman–Crippen MR) is 108 cm³/mol. The minimum absolute atomic E-state index is 0.00372. The molecule has 3 heterocycles. The second-order valence-electron chi connectivity index (χ2n) is 7.07. The molecule has 1 saturated carbocycles. The van der Waals surface area contributed by atoms with Crippen molar-refractivity contribution in [2.24, 2.45) is 5.92 Å². The lowest BCUT2D eigenvalue weighted by molar-refractivity contribution is -0.127. The summed E-state index contributed by atoms with van der Waals surface area (Å²) in [5, 5.41) is 10.4. The van der Waals surface area contributed by atoms with E-state index in [1.807, 2.05) is 24.6 Å². The molecule has 0 unspecified atom stereocenters. The van der Waals surface area contributed by atoms with E-state index in [-0.39, 0.29) is 24.0 Å². The summed E-state index contributed by atoms with van der Waals surface area (Å²) in [6.45, 7) is 2.44. The minimum Gasteiger partial charge on any atom is -0.379 e. The van der Waals surface area contributed by atoms with Crippen LogP contribution in [0.1, 0.15) is 30.0 Å². The number of fused-ring (bicyclic) bond motifs is 1. The van der Waals surface area contributed by atoms with Gasteiger partial charge >= 0.3 is 0 Å². The van der Waals surface area contributed by atoms with Gasteiger partial charge in [0.1, 0.15) is 17.8 Å². The molecule has 1 aliphatic carbocycles. The number of nitrogens with one attached hydrogen (secondary N) is 3. The summed E-state index contributed by atoms with van der Waals surface area (Å²) >= 11 is 1.59. The fraction of sp³-hybridized carbons (Fsp3) is 0.474. The largest absolute Gasteiger partial charge is 0.379 e. The number of methoxy groups -OCH3 is 1. The van der Waals surface area contributed by atoms with Crippen molar-refractivity contribution < 1.29 is 9.53 Å². The van der Waals surface area contributed by atoms with Gasteiger partial charge in [-0.2, -0.15) is 0 Å². The first kappa shape index (κ1) is 18.8. The van der Waals surface area contributed by atoms with Crippen LogP contribution in [0.5, 0.6) is 0 Å². The highest BCUT2D eigenvalue weighted by atomic mass is 32.1. The van der Waals surface area contributed by atoms with Crippen LogP contribution in [-0.2, 0) is 16.1 Å². The summed E-state index contributed by atoms with van der Waals surface area (Å²) in [5.41, 5.74) is 1.70. The van der Waals surface area contributed by atoms with Crippen LogP contribution >= 0.6 is 11.3 Å². The maximum Gasteiger partial charge on any atom is 0.223 e. The number of thiazole rings is 1. The molecular weight excluding hydrogens is 376 g/mol. The van der Waals surface area contributed by atoms with Gasteiger partial charge < -0.3 is 20.4 Å². The summed E-state index contributed by atoms with van der Waals surface area (Å²) in [6.07, 6.45) is 5.73. The Labute approximate surface area is 167 Å². The molecule has 3 N–H and O–H groups in total. The third-order valence-electron chi connectivity index (χ3n) is 5.25. The lowest BCUT2D eigenvalue weighted by atomic mass is 9.83. The Hall–Kier alpha value is -2.52. The maximum atomic E-state index is 12.7. The minimum atomic E-state index is -0.0628. The number of anilines is 1. The second kappa shape index (κ2) is 8.24. The average molecular weight is 401 g/mol. The highest BCUT2D eigenvalue weighted by Gasteiger charge is 2.34. The number of nitrogens with zero attached hydrogens (tertiary/aromatic N) is 3. The number of carbonyl (C=O) groups excluding carboxylic acids is 1. The van der Waals surface area contributed by atoms with Crippen molar-refractivity contribution in [3.8, 4) is 0 Å². The van der Waals surface area contributed by atoms with Crippen LogP contribution in [0.3, 0.4) is 0 Å². The molecule has 0 aliphatic heterocycles. The van der Waals surface area contributed by atoms with Crippen LogP contribution in [0.15, 0.2) is 24.0 Å². The van der Waals surface area contributed by atoms with E-state index in [0.717, 1.165) is 40.4 Å². The van der Waals surface area contributed by atoms with Crippen LogP contribution in [0.4, 0.5) is 5.82 Å². The van der Waals surface area contributed by atoms with Gasteiger partial charge in [0.15, 0.2) is 0 Å². The van der Waals surface area contributed by atoms with Crippen LogP contribution < -0.4 is 10.6 Å². The van der Waals surface area contributed by atoms with Crippen LogP contribution in [0.25, 0.3) is 11.0 Å². The third-order valence-corrected chi connectivity index (χ3v) is 6.07. The molecule has 0 aromatic carbocycles. The number of hydrogen-bond donors (Lipinski definition) is 3. The van der Waals surface area contributed by atoms with Crippen LogP contribution in [0.2, 0.25) is 0 Å². The first-order chi connectivity index (χ1) is 13.6. The van der Waals surface area contributed by atoms with E-state index < -0.39 is 0 Å². The molecule has 3 aromatic heterocycles. The Morgan fingerprint density at radius 3 is 3.07 bits per heavy atom. The summed E-state index contributed by atoms with van der Waals surface area (Å²) < 4.78 is 5.68. The number of aryl methyl sites for hydroxylation is 1. The Balaban J connectivity index is 1.42. The zero-order valence-electron chi connectivity index (χ0n) is 15.9. The summed E-state index contributed by atoms with van der Waals surface area (Å²) in [6, 6.07) is 1.95. The number of aromatic amines is 1. The number of amides is 1. The van der Waals surface area contributed by atoms with Gasteiger partial charge in [-0.3, -0.25) is 4.79 Å². The van der Waals surface area contributed by atoms with Gasteiger partial charge in [-0.1, -0.05) is 0 Å². The molecule has 148 valence electrons. The molecule has 3 aromatic rings. The number of H-pyrrole nitrogens is 1. The molecule has 8 nitrogen and oxygen atoms in total. The van der Waals surface area contributed by atoms with E-state index in [9.17, 15) is 4.79 Å². The van der Waals surface area contributed by atoms with Crippen molar-refractivity contribution in [1.29, 1.82) is 0 Å². The molecule has 28 heavy (non-hydrogen) atoms. The van der Waals surface area contributed by atoms with Crippen molar-refractivity contribution in [2.75, 3.05) is 12.4 Å². The van der Waals surface area contributed by atoms with Gasteiger partial charge in [0.05, 0.1) is 34.8 Å². The zero-order chi connectivity index (χ0) is 19.5. The maximum absolute atomic E-state index is 12.7. The Morgan fingerprint density at radius 2 is 2.29 bits per heavy atom. The van der Waals surface area contributed by atoms with Gasteiger partial charge in [0.25, 0.3) is 0 Å². The van der Waals surface area contributed by atoms with Crippen molar-refractivity contribution in [2.45, 2.75) is 44.9 Å². The monoisotopic (exact) mass is 400 g/mol. The number of hydrogen-bond acceptors (Lipinski definition) is 7. The molecule has 0 spiro atoms. The number of ether oxygens (including phenoxy) is 1. The Bertz CT molecular complexity index is 955. The second-order valence-corrected chi connectivity index (χ2v) is 8.14. The SMILES string of the molecule is CO[C@@H]1CC[C@H](C(=O)NCc2csc(C)n2)C[C@H]1Nc1ncnc2[nH]ccc12. The van der Waals surface area contributed by atoms with Crippen molar-refractivity contribution in [3.05, 3.63) is 34.7 Å². The molecule has 4 rings (SSSR count). The smallest absolute Gasteiger partial charge is 0.223 e. The first-order valence-corrected chi connectivity index (χ1v) is 10.3. The molecular formula is C19H24N6O2S. The van der Waals surface area contributed by atoms with Crippen LogP contribution in [-0.4, -0.2) is 45.1 Å². The Morgan fingerprint density at radius 1 is 1.39 bits per heavy atom. The molecule has 9 heteroatoms. The van der Waals surface area contributed by atoms with E-state index in [1.54, 1.807) is 18.4 Å². The zero-order valence-corrected chi connectivity index (χ0v) is 16.8.